The van der Waals surface area contributed by atoms with Gasteiger partial charge in [-0.05, 0) is 89.2 Å². The Bertz CT molecular complexity index is 965. The van der Waals surface area contributed by atoms with Gasteiger partial charge in [0.25, 0.3) is 0 Å². The van der Waals surface area contributed by atoms with Gasteiger partial charge < -0.3 is 27.2 Å². The van der Waals surface area contributed by atoms with Gasteiger partial charge in [0.15, 0.2) is 0 Å². The molecule has 7 heteroatoms. The molecule has 0 fully saturated rings. The minimum atomic E-state index is -3.47. The molecule has 2 aromatic rings. The maximum Gasteiger partial charge on any atom is 0.679 e. The average molecular weight is 641 g/mol. The molecule has 0 aliphatic carbocycles. The Morgan fingerprint density at radius 3 is 1.29 bits per heavy atom. The van der Waals surface area contributed by atoms with E-state index >= 15 is 0 Å². The van der Waals surface area contributed by atoms with Crippen LogP contribution in [0.1, 0.15) is 91.2 Å². The monoisotopic (exact) mass is 640 g/mol. The smallest absolute Gasteiger partial charge is 0.374 e. The van der Waals surface area contributed by atoms with Crippen LogP contribution in [0.4, 0.5) is 0 Å². The van der Waals surface area contributed by atoms with Crippen LogP contribution in [0.5, 0.6) is 0 Å². The first-order valence-electron chi connectivity index (χ1n) is 16.8. The molecular formula is C38H60O6Si. The van der Waals surface area contributed by atoms with Gasteiger partial charge in [-0.15, -0.1) is 0 Å². The molecule has 2 aromatic carbocycles. The minimum absolute atomic E-state index is 0.330. The number of benzene rings is 2. The van der Waals surface area contributed by atoms with Crippen LogP contribution >= 0.6 is 0 Å². The van der Waals surface area contributed by atoms with Gasteiger partial charge in [-0.3, -0.25) is 0 Å². The van der Waals surface area contributed by atoms with E-state index in [1.165, 1.54) is 11.1 Å². The molecular weight excluding hydrogens is 580 g/mol. The fraction of sp³-hybridized carbons (Fsp3) is 0.579. The van der Waals surface area contributed by atoms with Crippen molar-refractivity contribution in [2.45, 2.75) is 93.3 Å². The molecule has 2 unspecified atom stereocenters. The van der Waals surface area contributed by atoms with Gasteiger partial charge in [-0.25, -0.2) is 0 Å². The third kappa shape index (κ3) is 19.9. The maximum atomic E-state index is 6.49. The summed E-state index contributed by atoms with van der Waals surface area (Å²) in [6.45, 7) is 16.7. The van der Waals surface area contributed by atoms with Crippen LogP contribution in [0.3, 0.4) is 0 Å². The van der Waals surface area contributed by atoms with Crippen LogP contribution in [0, 0.1) is 11.8 Å². The number of hydrogen-bond acceptors (Lipinski definition) is 6. The van der Waals surface area contributed by atoms with Gasteiger partial charge in [-0.1, -0.05) is 97.8 Å². The quantitative estimate of drug-likeness (QED) is 0.0580. The first-order valence-corrected chi connectivity index (χ1v) is 18.5. The van der Waals surface area contributed by atoms with Gasteiger partial charge in [0.05, 0.1) is 39.6 Å². The van der Waals surface area contributed by atoms with Crippen molar-refractivity contribution in [3.8, 4) is 0 Å². The number of rotatable bonds is 26. The summed E-state index contributed by atoms with van der Waals surface area (Å²) in [5, 5.41) is 0. The van der Waals surface area contributed by atoms with Crippen molar-refractivity contribution in [2.75, 3.05) is 39.6 Å². The molecule has 0 aliphatic heterocycles. The lowest BCUT2D eigenvalue weighted by atomic mass is 10.0. The predicted molar refractivity (Wildman–Crippen MR) is 187 cm³/mol. The van der Waals surface area contributed by atoms with E-state index in [0.29, 0.717) is 64.7 Å². The first kappa shape index (κ1) is 39.1. The molecule has 0 aliphatic rings. The highest BCUT2D eigenvalue weighted by atomic mass is 28.4. The SMILES string of the molecule is CC(C)=CCCC(C)CCO[Si](OCCOCc1ccccc1)(OCCOCc1ccccc1)OCCC(C)CCC=C(C)C. The van der Waals surface area contributed by atoms with Crippen molar-refractivity contribution in [3.05, 3.63) is 95.1 Å². The highest BCUT2D eigenvalue weighted by Crippen LogP contribution is 2.20. The molecule has 0 heterocycles. The molecule has 45 heavy (non-hydrogen) atoms. The Balaban J connectivity index is 2.01. The molecule has 0 spiro atoms. The lowest BCUT2D eigenvalue weighted by Gasteiger charge is -2.29. The van der Waals surface area contributed by atoms with Gasteiger partial charge in [0.1, 0.15) is 0 Å². The fourth-order valence-electron chi connectivity index (χ4n) is 4.60. The summed E-state index contributed by atoms with van der Waals surface area (Å²) in [6.07, 6.45) is 10.8. The zero-order chi connectivity index (χ0) is 32.6. The normalized spacial score (nSPS) is 12.9. The van der Waals surface area contributed by atoms with E-state index in [2.05, 4.69) is 78.0 Å². The Morgan fingerprint density at radius 1 is 0.533 bits per heavy atom. The lowest BCUT2D eigenvalue weighted by Crippen LogP contribution is -2.51. The topological polar surface area (TPSA) is 55.4 Å². The molecule has 0 N–H and O–H groups in total. The van der Waals surface area contributed by atoms with E-state index in [1.54, 1.807) is 0 Å². The summed E-state index contributed by atoms with van der Waals surface area (Å²) in [5.74, 6) is 1.04. The Kier molecular flexibility index (Phi) is 20.9. The largest absolute Gasteiger partial charge is 0.679 e. The molecule has 6 nitrogen and oxygen atoms in total. The maximum absolute atomic E-state index is 6.49. The van der Waals surface area contributed by atoms with Crippen LogP contribution in [0.25, 0.3) is 0 Å². The highest BCUT2D eigenvalue weighted by Gasteiger charge is 2.46. The molecule has 0 bridgehead atoms. The van der Waals surface area contributed by atoms with E-state index in [1.807, 2.05) is 36.4 Å². The molecule has 0 aromatic heterocycles. The molecule has 0 saturated heterocycles. The summed E-state index contributed by atoms with van der Waals surface area (Å²) < 4.78 is 37.6. The van der Waals surface area contributed by atoms with Crippen molar-refractivity contribution in [1.29, 1.82) is 0 Å². The van der Waals surface area contributed by atoms with E-state index in [0.717, 1.165) is 49.7 Å². The Morgan fingerprint density at radius 2 is 0.911 bits per heavy atom. The van der Waals surface area contributed by atoms with Crippen molar-refractivity contribution in [3.63, 3.8) is 0 Å². The summed E-state index contributed by atoms with van der Waals surface area (Å²) >= 11 is 0. The predicted octanol–water partition coefficient (Wildman–Crippen LogP) is 9.47. The molecule has 0 amide bonds. The van der Waals surface area contributed by atoms with Crippen molar-refractivity contribution in [1.82, 2.24) is 0 Å². The summed E-state index contributed by atoms with van der Waals surface area (Å²) in [4.78, 5) is 0. The number of hydrogen-bond donors (Lipinski definition) is 0. The second kappa shape index (κ2) is 24.1. The molecule has 252 valence electrons. The second-order valence-corrected chi connectivity index (χ2v) is 14.6. The third-order valence-corrected chi connectivity index (χ3v) is 9.67. The summed E-state index contributed by atoms with van der Waals surface area (Å²) in [6, 6.07) is 20.3. The molecule has 2 atom stereocenters. The highest BCUT2D eigenvalue weighted by molar-refractivity contribution is 6.53. The van der Waals surface area contributed by atoms with E-state index in [-0.39, 0.29) is 0 Å². The van der Waals surface area contributed by atoms with Gasteiger partial charge in [0, 0.05) is 13.2 Å². The summed E-state index contributed by atoms with van der Waals surface area (Å²) in [7, 11) is -3.47. The minimum Gasteiger partial charge on any atom is -0.374 e. The van der Waals surface area contributed by atoms with E-state index in [4.69, 9.17) is 27.2 Å². The second-order valence-electron chi connectivity index (χ2n) is 12.5. The molecule has 2 rings (SSSR count). The van der Waals surface area contributed by atoms with E-state index < -0.39 is 9.05 Å². The van der Waals surface area contributed by atoms with Crippen LogP contribution in [-0.4, -0.2) is 48.7 Å². The van der Waals surface area contributed by atoms with Crippen LogP contribution in [-0.2, 0) is 40.4 Å². The average Bonchev–Trinajstić information content (AvgIpc) is 3.01. The number of ether oxygens (including phenoxy) is 2. The lowest BCUT2D eigenvalue weighted by molar-refractivity contribution is -0.0590. The third-order valence-electron chi connectivity index (χ3n) is 7.44. The fourth-order valence-corrected chi connectivity index (χ4v) is 6.50. The standard InChI is InChI=1S/C38H60O6Si/c1-33(2)15-13-17-35(5)23-25-41-45(42-26-24-36(6)18-14-16-34(3)4,43-29-27-39-31-37-19-9-7-10-20-37)44-30-28-40-32-38-21-11-8-12-22-38/h7-12,15-16,19-22,35-36H,13-14,17-18,23-32H2,1-6H3. The van der Waals surface area contributed by atoms with Gasteiger partial charge in [-0.2, -0.15) is 0 Å². The molecule has 0 saturated carbocycles. The van der Waals surface area contributed by atoms with Crippen molar-refractivity contribution in [2.24, 2.45) is 11.8 Å². The zero-order valence-electron chi connectivity index (χ0n) is 28.9. The number of allylic oxidation sites excluding steroid dienone is 4. The van der Waals surface area contributed by atoms with Crippen LogP contribution < -0.4 is 0 Å². The Labute approximate surface area is 275 Å². The Hall–Kier alpha value is -2.10. The van der Waals surface area contributed by atoms with Crippen LogP contribution in [0.2, 0.25) is 0 Å². The van der Waals surface area contributed by atoms with Gasteiger partial charge in [0.2, 0.25) is 0 Å². The van der Waals surface area contributed by atoms with E-state index in [9.17, 15) is 0 Å². The van der Waals surface area contributed by atoms with Gasteiger partial charge >= 0.3 is 9.05 Å². The first-order chi connectivity index (χ1) is 21.8. The van der Waals surface area contributed by atoms with Crippen molar-refractivity contribution < 1.29 is 27.2 Å². The molecule has 0 radical (unpaired) electrons. The summed E-state index contributed by atoms with van der Waals surface area (Å²) in [5.41, 5.74) is 4.98. The van der Waals surface area contributed by atoms with Crippen LogP contribution in [0.15, 0.2) is 84.0 Å². The van der Waals surface area contributed by atoms with Crippen molar-refractivity contribution >= 4 is 9.05 Å². The zero-order valence-corrected chi connectivity index (χ0v) is 29.9.